The summed E-state index contributed by atoms with van der Waals surface area (Å²) in [5.74, 6) is -0.998. The molecule has 2 aromatic rings. The topological polar surface area (TPSA) is 71.6 Å². The number of anilines is 1. The Balaban J connectivity index is 1.93. The SMILES string of the molecule is CO[C@@]1(C)NC(=S)N[C@@H](c2ccc(OC(F)F)cc2)[C@@H]1C(=O)Nc1ccccc1. The molecular formula is C20H21F2N3O3S. The Morgan fingerprint density at radius 3 is 2.41 bits per heavy atom. The summed E-state index contributed by atoms with van der Waals surface area (Å²) in [7, 11) is 1.49. The number of rotatable bonds is 6. The van der Waals surface area contributed by atoms with Crippen molar-refractivity contribution in [1.82, 2.24) is 10.6 Å². The van der Waals surface area contributed by atoms with Crippen molar-refractivity contribution in [2.75, 3.05) is 12.4 Å². The van der Waals surface area contributed by atoms with Crippen molar-refractivity contribution in [2.45, 2.75) is 25.3 Å². The molecule has 2 aromatic carbocycles. The van der Waals surface area contributed by atoms with E-state index in [4.69, 9.17) is 17.0 Å². The van der Waals surface area contributed by atoms with Gasteiger partial charge < -0.3 is 25.4 Å². The van der Waals surface area contributed by atoms with Crippen molar-refractivity contribution in [3.63, 3.8) is 0 Å². The van der Waals surface area contributed by atoms with Crippen molar-refractivity contribution in [3.05, 3.63) is 60.2 Å². The van der Waals surface area contributed by atoms with E-state index in [1.807, 2.05) is 18.2 Å². The first-order chi connectivity index (χ1) is 13.8. The largest absolute Gasteiger partial charge is 0.435 e. The van der Waals surface area contributed by atoms with Crippen molar-refractivity contribution in [3.8, 4) is 5.75 Å². The molecule has 0 unspecified atom stereocenters. The highest BCUT2D eigenvalue weighted by molar-refractivity contribution is 7.80. The molecule has 1 saturated heterocycles. The number of halogens is 2. The minimum atomic E-state index is -2.91. The first-order valence-electron chi connectivity index (χ1n) is 8.87. The Labute approximate surface area is 172 Å². The second-order valence-corrected chi connectivity index (χ2v) is 7.08. The lowest BCUT2D eigenvalue weighted by Gasteiger charge is -2.46. The summed E-state index contributed by atoms with van der Waals surface area (Å²) in [6.07, 6.45) is 0. The maximum Gasteiger partial charge on any atom is 0.387 e. The summed E-state index contributed by atoms with van der Waals surface area (Å²) in [6, 6.07) is 14.6. The van der Waals surface area contributed by atoms with Crippen LogP contribution in [0.25, 0.3) is 0 Å². The molecule has 0 radical (unpaired) electrons. The van der Waals surface area contributed by atoms with E-state index in [1.54, 1.807) is 31.2 Å². The first kappa shape index (κ1) is 20.9. The number of ether oxygens (including phenoxy) is 2. The molecule has 29 heavy (non-hydrogen) atoms. The molecule has 1 aliphatic rings. The van der Waals surface area contributed by atoms with E-state index < -0.39 is 24.3 Å². The lowest BCUT2D eigenvalue weighted by atomic mass is 9.82. The average molecular weight is 421 g/mol. The lowest BCUT2D eigenvalue weighted by molar-refractivity contribution is -0.137. The summed E-state index contributed by atoms with van der Waals surface area (Å²) >= 11 is 5.29. The van der Waals surface area contributed by atoms with Crippen LogP contribution in [-0.2, 0) is 9.53 Å². The minimum Gasteiger partial charge on any atom is -0.435 e. The van der Waals surface area contributed by atoms with Crippen molar-refractivity contribution >= 4 is 28.9 Å². The number of hydrogen-bond donors (Lipinski definition) is 3. The normalized spacial score (nSPS) is 23.8. The fourth-order valence-corrected chi connectivity index (χ4v) is 3.66. The van der Waals surface area contributed by atoms with Crippen LogP contribution in [0.5, 0.6) is 5.75 Å². The highest BCUT2D eigenvalue weighted by Crippen LogP contribution is 2.36. The molecule has 0 spiro atoms. The zero-order valence-electron chi connectivity index (χ0n) is 15.8. The Morgan fingerprint density at radius 2 is 1.83 bits per heavy atom. The van der Waals surface area contributed by atoms with Crippen molar-refractivity contribution in [1.29, 1.82) is 0 Å². The molecular weight excluding hydrogens is 400 g/mol. The number of para-hydroxylation sites is 1. The second-order valence-electron chi connectivity index (χ2n) is 6.67. The van der Waals surface area contributed by atoms with Crippen LogP contribution in [0.15, 0.2) is 54.6 Å². The monoisotopic (exact) mass is 421 g/mol. The molecule has 0 bridgehead atoms. The third-order valence-electron chi connectivity index (χ3n) is 4.79. The zero-order valence-corrected chi connectivity index (χ0v) is 16.6. The van der Waals surface area contributed by atoms with Crippen LogP contribution in [0.2, 0.25) is 0 Å². The number of carbonyl (C=O) groups excluding carboxylic acids is 1. The number of hydrogen-bond acceptors (Lipinski definition) is 4. The van der Waals surface area contributed by atoms with Crippen LogP contribution >= 0.6 is 12.2 Å². The third-order valence-corrected chi connectivity index (χ3v) is 5.01. The van der Waals surface area contributed by atoms with Gasteiger partial charge in [-0.1, -0.05) is 30.3 Å². The molecule has 6 nitrogen and oxygen atoms in total. The van der Waals surface area contributed by atoms with Gasteiger partial charge in [0.1, 0.15) is 11.7 Å². The maximum absolute atomic E-state index is 13.2. The van der Waals surface area contributed by atoms with Crippen LogP contribution in [0.3, 0.4) is 0 Å². The van der Waals surface area contributed by atoms with Gasteiger partial charge in [0.05, 0.1) is 6.04 Å². The molecule has 1 heterocycles. The van der Waals surface area contributed by atoms with E-state index >= 15 is 0 Å². The summed E-state index contributed by atoms with van der Waals surface area (Å²) in [5, 5.41) is 9.30. The number of methoxy groups -OCH3 is 1. The van der Waals surface area contributed by atoms with Gasteiger partial charge in [0, 0.05) is 12.8 Å². The number of carbonyl (C=O) groups is 1. The molecule has 154 valence electrons. The average Bonchev–Trinajstić information content (AvgIpc) is 2.68. The van der Waals surface area contributed by atoms with E-state index in [2.05, 4.69) is 20.7 Å². The number of thiocarbonyl (C=S) groups is 1. The molecule has 0 aromatic heterocycles. The van der Waals surface area contributed by atoms with Crippen molar-refractivity contribution in [2.24, 2.45) is 5.92 Å². The fraction of sp³-hybridized carbons (Fsp3) is 0.300. The summed E-state index contributed by atoms with van der Waals surface area (Å²) < 4.78 is 34.9. The van der Waals surface area contributed by atoms with Gasteiger partial charge in [-0.15, -0.1) is 0 Å². The van der Waals surface area contributed by atoms with E-state index in [0.717, 1.165) is 0 Å². The molecule has 1 aliphatic heterocycles. The summed E-state index contributed by atoms with van der Waals surface area (Å²) in [5.41, 5.74) is 0.222. The van der Waals surface area contributed by atoms with Gasteiger partial charge in [-0.05, 0) is 49.0 Å². The van der Waals surface area contributed by atoms with Crippen LogP contribution in [0, 0.1) is 5.92 Å². The summed E-state index contributed by atoms with van der Waals surface area (Å²) in [6.45, 7) is -1.18. The third kappa shape index (κ3) is 4.80. The first-order valence-corrected chi connectivity index (χ1v) is 9.28. The van der Waals surface area contributed by atoms with Crippen LogP contribution in [0.4, 0.5) is 14.5 Å². The van der Waals surface area contributed by atoms with Gasteiger partial charge >= 0.3 is 6.61 Å². The van der Waals surface area contributed by atoms with E-state index in [9.17, 15) is 13.6 Å². The van der Waals surface area contributed by atoms with Gasteiger partial charge in [0.2, 0.25) is 5.91 Å². The van der Waals surface area contributed by atoms with Gasteiger partial charge in [-0.25, -0.2) is 0 Å². The molecule has 0 saturated carbocycles. The predicted molar refractivity (Wildman–Crippen MR) is 109 cm³/mol. The maximum atomic E-state index is 13.2. The fourth-order valence-electron chi connectivity index (χ4n) is 3.34. The predicted octanol–water partition coefficient (Wildman–Crippen LogP) is 3.42. The van der Waals surface area contributed by atoms with Gasteiger partial charge in [-0.2, -0.15) is 8.78 Å². The Kier molecular flexibility index (Phi) is 6.29. The molecule has 1 fully saturated rings. The number of nitrogens with one attached hydrogen (secondary N) is 3. The quantitative estimate of drug-likeness (QED) is 0.621. The molecule has 1 amide bonds. The second kappa shape index (κ2) is 8.71. The smallest absolute Gasteiger partial charge is 0.387 e. The van der Waals surface area contributed by atoms with E-state index in [0.29, 0.717) is 16.4 Å². The van der Waals surface area contributed by atoms with E-state index in [1.165, 1.54) is 19.2 Å². The molecule has 3 N–H and O–H groups in total. The molecule has 9 heteroatoms. The minimum absolute atomic E-state index is 0.0278. The Bertz CT molecular complexity index is 867. The van der Waals surface area contributed by atoms with Gasteiger partial charge in [0.25, 0.3) is 0 Å². The van der Waals surface area contributed by atoms with Crippen LogP contribution in [-0.4, -0.2) is 30.5 Å². The molecule has 0 aliphatic carbocycles. The number of alkyl halides is 2. The highest BCUT2D eigenvalue weighted by atomic mass is 32.1. The number of benzene rings is 2. The van der Waals surface area contributed by atoms with E-state index in [-0.39, 0.29) is 11.7 Å². The standard InChI is InChI=1S/C20H21F2N3O3S/c1-20(27-2)15(17(26)23-13-6-4-3-5-7-13)16(24-19(29)25-20)12-8-10-14(11-9-12)28-18(21)22/h3-11,15-16,18H,1-2H3,(H,23,26)(H2,24,25,29)/t15-,16+,20-/m1/s1. The van der Waals surface area contributed by atoms with Crippen LogP contribution < -0.4 is 20.7 Å². The lowest BCUT2D eigenvalue weighted by Crippen LogP contribution is -2.66. The summed E-state index contributed by atoms with van der Waals surface area (Å²) in [4.78, 5) is 13.2. The Hall–Kier alpha value is -2.78. The van der Waals surface area contributed by atoms with Crippen LogP contribution in [0.1, 0.15) is 18.5 Å². The molecule has 3 atom stereocenters. The molecule has 3 rings (SSSR count). The zero-order chi connectivity index (χ0) is 21.0. The van der Waals surface area contributed by atoms with Gasteiger partial charge in [-0.3, -0.25) is 4.79 Å². The van der Waals surface area contributed by atoms with Crippen molar-refractivity contribution < 1.29 is 23.0 Å². The highest BCUT2D eigenvalue weighted by Gasteiger charge is 2.49. The Morgan fingerprint density at radius 1 is 1.17 bits per heavy atom. The van der Waals surface area contributed by atoms with Gasteiger partial charge in [0.15, 0.2) is 10.8 Å². The number of amides is 1.